The molecule has 1 fully saturated rings. The van der Waals surface area contributed by atoms with Gasteiger partial charge in [0.1, 0.15) is 18.2 Å². The van der Waals surface area contributed by atoms with E-state index >= 15 is 0 Å². The molecule has 0 bridgehead atoms. The van der Waals surface area contributed by atoms with Crippen LogP contribution in [-0.2, 0) is 11.4 Å². The fraction of sp³-hybridized carbons (Fsp3) is 0.360. The smallest absolute Gasteiger partial charge is 0.262 e. The number of hydrogen-bond acceptors (Lipinski definition) is 4. The van der Waals surface area contributed by atoms with Gasteiger partial charge >= 0.3 is 0 Å². The first-order valence-electron chi connectivity index (χ1n) is 10.5. The molecule has 162 valence electrons. The Morgan fingerprint density at radius 2 is 2.00 bits per heavy atom. The van der Waals surface area contributed by atoms with Crippen LogP contribution in [0.4, 0.5) is 0 Å². The highest BCUT2D eigenvalue weighted by Crippen LogP contribution is 2.37. The highest BCUT2D eigenvalue weighted by atomic mass is 79.9. The van der Waals surface area contributed by atoms with Gasteiger partial charge in [-0.1, -0.05) is 50.1 Å². The summed E-state index contributed by atoms with van der Waals surface area (Å²) >= 11 is 3.53. The van der Waals surface area contributed by atoms with Crippen LogP contribution in [0, 0.1) is 17.2 Å². The van der Waals surface area contributed by atoms with Crippen LogP contribution in [0.25, 0.3) is 6.08 Å². The van der Waals surface area contributed by atoms with Crippen LogP contribution >= 0.6 is 15.9 Å². The van der Waals surface area contributed by atoms with Crippen LogP contribution < -0.4 is 14.8 Å². The summed E-state index contributed by atoms with van der Waals surface area (Å²) < 4.78 is 12.1. The van der Waals surface area contributed by atoms with E-state index in [1.807, 2.05) is 42.5 Å². The second kappa shape index (κ2) is 11.0. The van der Waals surface area contributed by atoms with Gasteiger partial charge in [0.2, 0.25) is 0 Å². The number of nitriles is 1. The Hall–Kier alpha value is -2.78. The van der Waals surface area contributed by atoms with E-state index in [4.69, 9.17) is 9.47 Å². The molecule has 0 aliphatic heterocycles. The van der Waals surface area contributed by atoms with E-state index < -0.39 is 0 Å². The number of ether oxygens (including phenoxy) is 2. The zero-order valence-electron chi connectivity index (χ0n) is 17.9. The van der Waals surface area contributed by atoms with Gasteiger partial charge in [0.25, 0.3) is 5.91 Å². The minimum atomic E-state index is -0.333. The summed E-state index contributed by atoms with van der Waals surface area (Å²) in [5.41, 5.74) is 1.80. The minimum Gasteiger partial charge on any atom is -0.493 e. The Kier molecular flexibility index (Phi) is 8.13. The lowest BCUT2D eigenvalue weighted by molar-refractivity contribution is -0.118. The van der Waals surface area contributed by atoms with Crippen LogP contribution in [0.5, 0.6) is 11.5 Å². The number of rotatable bonds is 7. The lowest BCUT2D eigenvalue weighted by Crippen LogP contribution is -2.41. The summed E-state index contributed by atoms with van der Waals surface area (Å²) in [6.45, 7) is 2.55. The van der Waals surface area contributed by atoms with E-state index in [0.717, 1.165) is 24.8 Å². The largest absolute Gasteiger partial charge is 0.493 e. The number of amides is 1. The Bertz CT molecular complexity index is 982. The number of benzene rings is 2. The number of halogens is 1. The molecule has 0 unspecified atom stereocenters. The fourth-order valence-electron chi connectivity index (χ4n) is 3.79. The molecule has 0 aromatic heterocycles. The number of nitrogens with one attached hydrogen (secondary N) is 1. The third-order valence-electron chi connectivity index (χ3n) is 5.58. The normalized spacial score (nSPS) is 18.7. The van der Waals surface area contributed by atoms with Gasteiger partial charge in [0, 0.05) is 6.04 Å². The molecule has 1 saturated carbocycles. The number of methoxy groups -OCH3 is 1. The molecule has 1 N–H and O–H groups in total. The zero-order valence-corrected chi connectivity index (χ0v) is 19.4. The van der Waals surface area contributed by atoms with E-state index in [-0.39, 0.29) is 17.5 Å². The molecule has 2 atom stereocenters. The molecule has 2 aromatic rings. The Balaban J connectivity index is 1.77. The van der Waals surface area contributed by atoms with Gasteiger partial charge in [0.15, 0.2) is 11.5 Å². The Morgan fingerprint density at radius 1 is 1.26 bits per heavy atom. The standard InChI is InChI=1S/C25H27BrN2O3/c1-17-8-6-7-11-22(17)28-25(29)20(15-27)12-19-13-21(26)24(23(14-19)30-2)31-16-18-9-4-3-5-10-18/h3-5,9-10,12-14,17,22H,6-8,11,16H2,1-2H3,(H,28,29)/b20-12+/t17-,22-/m0/s1. The van der Waals surface area contributed by atoms with Crippen molar-refractivity contribution in [3.63, 3.8) is 0 Å². The van der Waals surface area contributed by atoms with Crippen LogP contribution in [0.1, 0.15) is 43.7 Å². The monoisotopic (exact) mass is 482 g/mol. The average Bonchev–Trinajstić information content (AvgIpc) is 2.78. The lowest BCUT2D eigenvalue weighted by atomic mass is 9.86. The third-order valence-corrected chi connectivity index (χ3v) is 6.17. The molecule has 1 amide bonds. The SMILES string of the molecule is COc1cc(/C=C(\C#N)C(=O)N[C@H]2CCCC[C@@H]2C)cc(Br)c1OCc1ccccc1. The lowest BCUT2D eigenvalue weighted by Gasteiger charge is -2.29. The molecule has 0 saturated heterocycles. The number of carbonyl (C=O) groups excluding carboxylic acids is 1. The predicted molar refractivity (Wildman–Crippen MR) is 125 cm³/mol. The van der Waals surface area contributed by atoms with Crippen molar-refractivity contribution in [2.45, 2.75) is 45.3 Å². The number of carbonyl (C=O) groups is 1. The summed E-state index contributed by atoms with van der Waals surface area (Å²) in [5.74, 6) is 1.19. The van der Waals surface area contributed by atoms with Crippen molar-refractivity contribution in [3.05, 3.63) is 63.6 Å². The number of hydrogen-bond donors (Lipinski definition) is 1. The van der Waals surface area contributed by atoms with E-state index in [1.165, 1.54) is 6.42 Å². The van der Waals surface area contributed by atoms with Crippen molar-refractivity contribution >= 4 is 27.9 Å². The van der Waals surface area contributed by atoms with Crippen molar-refractivity contribution in [1.82, 2.24) is 5.32 Å². The summed E-state index contributed by atoms with van der Waals surface area (Å²) in [6, 6.07) is 15.6. The molecule has 0 radical (unpaired) electrons. The molecule has 6 heteroatoms. The van der Waals surface area contributed by atoms with Crippen molar-refractivity contribution in [3.8, 4) is 17.6 Å². The maximum Gasteiger partial charge on any atom is 0.262 e. The molecule has 5 nitrogen and oxygen atoms in total. The third kappa shape index (κ3) is 6.11. The molecule has 0 heterocycles. The van der Waals surface area contributed by atoms with E-state index in [1.54, 1.807) is 19.3 Å². The van der Waals surface area contributed by atoms with Gasteiger partial charge in [-0.25, -0.2) is 0 Å². The second-order valence-corrected chi connectivity index (χ2v) is 8.67. The van der Waals surface area contributed by atoms with Crippen molar-refractivity contribution < 1.29 is 14.3 Å². The maximum atomic E-state index is 12.7. The quantitative estimate of drug-likeness (QED) is 0.409. The van der Waals surface area contributed by atoms with Crippen LogP contribution in [0.3, 0.4) is 0 Å². The molecule has 1 aliphatic rings. The summed E-state index contributed by atoms with van der Waals surface area (Å²) in [4.78, 5) is 12.7. The van der Waals surface area contributed by atoms with Gasteiger partial charge in [0.05, 0.1) is 11.6 Å². The molecular weight excluding hydrogens is 456 g/mol. The average molecular weight is 483 g/mol. The summed E-state index contributed by atoms with van der Waals surface area (Å²) in [5, 5.41) is 12.6. The topological polar surface area (TPSA) is 71.3 Å². The molecule has 1 aliphatic carbocycles. The van der Waals surface area contributed by atoms with Gasteiger partial charge < -0.3 is 14.8 Å². The van der Waals surface area contributed by atoms with Crippen molar-refractivity contribution in [1.29, 1.82) is 5.26 Å². The Labute approximate surface area is 192 Å². The summed E-state index contributed by atoms with van der Waals surface area (Å²) in [7, 11) is 1.56. The highest BCUT2D eigenvalue weighted by Gasteiger charge is 2.24. The summed E-state index contributed by atoms with van der Waals surface area (Å²) in [6.07, 6.45) is 5.94. The zero-order chi connectivity index (χ0) is 22.2. The molecule has 2 aromatic carbocycles. The molecule has 0 spiro atoms. The molecule has 31 heavy (non-hydrogen) atoms. The Morgan fingerprint density at radius 3 is 2.68 bits per heavy atom. The number of nitrogens with zero attached hydrogens (tertiary/aromatic N) is 1. The fourth-order valence-corrected chi connectivity index (χ4v) is 4.36. The first-order chi connectivity index (χ1) is 15.0. The van der Waals surface area contributed by atoms with Crippen LogP contribution in [-0.4, -0.2) is 19.1 Å². The van der Waals surface area contributed by atoms with Crippen LogP contribution in [0.2, 0.25) is 0 Å². The van der Waals surface area contributed by atoms with E-state index in [9.17, 15) is 10.1 Å². The van der Waals surface area contributed by atoms with Crippen molar-refractivity contribution in [2.75, 3.05) is 7.11 Å². The van der Waals surface area contributed by atoms with Gasteiger partial charge in [-0.15, -0.1) is 0 Å². The minimum absolute atomic E-state index is 0.0738. The molecule has 3 rings (SSSR count). The maximum absolute atomic E-state index is 12.7. The van der Waals surface area contributed by atoms with Gasteiger partial charge in [-0.2, -0.15) is 5.26 Å². The predicted octanol–water partition coefficient (Wildman–Crippen LogP) is 5.64. The highest BCUT2D eigenvalue weighted by molar-refractivity contribution is 9.10. The van der Waals surface area contributed by atoms with Crippen molar-refractivity contribution in [2.24, 2.45) is 5.92 Å². The van der Waals surface area contributed by atoms with Gasteiger partial charge in [-0.05, 0) is 64.0 Å². The van der Waals surface area contributed by atoms with E-state index in [2.05, 4.69) is 28.2 Å². The van der Waals surface area contributed by atoms with Gasteiger partial charge in [-0.3, -0.25) is 4.79 Å². The molecular formula is C25H27BrN2O3. The van der Waals surface area contributed by atoms with E-state index in [0.29, 0.717) is 34.1 Å². The first kappa shape index (κ1) is 22.9. The second-order valence-electron chi connectivity index (χ2n) is 7.82. The first-order valence-corrected chi connectivity index (χ1v) is 11.3. The van der Waals surface area contributed by atoms with Crippen LogP contribution in [0.15, 0.2) is 52.5 Å².